The summed E-state index contributed by atoms with van der Waals surface area (Å²) in [6.07, 6.45) is -6.55. The van der Waals surface area contributed by atoms with Crippen LogP contribution in [0.4, 0.5) is 32.0 Å². The molecule has 5 rings (SSSR count). The third-order valence-electron chi connectivity index (χ3n) is 7.77. The zero-order valence-corrected chi connectivity index (χ0v) is 26.4. The number of alkyl halides is 5. The van der Waals surface area contributed by atoms with Gasteiger partial charge in [0.15, 0.2) is 5.78 Å². The van der Waals surface area contributed by atoms with Gasteiger partial charge < -0.3 is 5.32 Å². The standard InChI is InChI=1S/C34H20Cl3F6NO4/c35-23-9-8-19(44-32(48)29-28(33(29,36)37)17-6-11-25(39)22(12-17)34(41,42)43)14-20(23)26(45)13-18-7-10-24(38)21(30(18)40)15-27(46)31(47)16-4-2-1-3-5-16/h1-12,14,28-29H,13,15H2,(H,44,48)/t28-,29+/m0/s1. The van der Waals surface area contributed by atoms with E-state index in [4.69, 9.17) is 34.8 Å². The van der Waals surface area contributed by atoms with Gasteiger partial charge in [0.2, 0.25) is 17.5 Å². The van der Waals surface area contributed by atoms with Crippen molar-refractivity contribution in [2.24, 2.45) is 5.92 Å². The molecule has 1 aliphatic rings. The minimum absolute atomic E-state index is 0.00269. The van der Waals surface area contributed by atoms with E-state index in [-0.39, 0.29) is 33.0 Å². The molecule has 0 aliphatic heterocycles. The zero-order valence-electron chi connectivity index (χ0n) is 24.1. The molecule has 1 N–H and O–H groups in total. The summed E-state index contributed by atoms with van der Waals surface area (Å²) in [4.78, 5) is 51.3. The van der Waals surface area contributed by atoms with Crippen LogP contribution in [0.15, 0.2) is 78.9 Å². The molecule has 0 spiro atoms. The maximum Gasteiger partial charge on any atom is 0.419 e. The van der Waals surface area contributed by atoms with Crippen LogP contribution in [0.5, 0.6) is 0 Å². The van der Waals surface area contributed by atoms with Crippen LogP contribution in [0.25, 0.3) is 0 Å². The number of hydrogen-bond donors (Lipinski definition) is 1. The summed E-state index contributed by atoms with van der Waals surface area (Å²) in [6.45, 7) is 0. The predicted octanol–water partition coefficient (Wildman–Crippen LogP) is 8.72. The zero-order chi connectivity index (χ0) is 35.1. The van der Waals surface area contributed by atoms with Crippen LogP contribution in [0.3, 0.4) is 0 Å². The molecule has 48 heavy (non-hydrogen) atoms. The Kier molecular flexibility index (Phi) is 9.79. The lowest BCUT2D eigenvalue weighted by molar-refractivity contribution is -0.140. The van der Waals surface area contributed by atoms with E-state index in [2.05, 4.69) is 5.32 Å². The van der Waals surface area contributed by atoms with Crippen molar-refractivity contribution in [1.82, 2.24) is 0 Å². The number of Topliss-reactive ketones (excluding diaryl/α,β-unsaturated/α-hetero) is 3. The summed E-state index contributed by atoms with van der Waals surface area (Å²) in [5.41, 5.74) is -2.80. The molecule has 1 saturated carbocycles. The number of amides is 1. The number of hydrogen-bond acceptors (Lipinski definition) is 4. The van der Waals surface area contributed by atoms with E-state index in [0.29, 0.717) is 12.1 Å². The second kappa shape index (κ2) is 13.4. The van der Waals surface area contributed by atoms with Gasteiger partial charge in [0.25, 0.3) is 0 Å². The molecule has 2 atom stereocenters. The second-order valence-corrected chi connectivity index (χ2v) is 12.8. The minimum atomic E-state index is -5.00. The van der Waals surface area contributed by atoms with E-state index in [0.717, 1.165) is 24.3 Å². The Morgan fingerprint density at radius 1 is 0.812 bits per heavy atom. The van der Waals surface area contributed by atoms with E-state index < -0.39 is 87.0 Å². The van der Waals surface area contributed by atoms with E-state index in [1.807, 2.05) is 0 Å². The molecule has 0 aromatic heterocycles. The van der Waals surface area contributed by atoms with Gasteiger partial charge in [0.05, 0.1) is 16.5 Å². The van der Waals surface area contributed by atoms with Gasteiger partial charge in [-0.3, -0.25) is 19.2 Å². The summed E-state index contributed by atoms with van der Waals surface area (Å²) >= 11 is 18.7. The highest BCUT2D eigenvalue weighted by molar-refractivity contribution is 6.53. The highest BCUT2D eigenvalue weighted by atomic mass is 35.5. The third-order valence-corrected chi connectivity index (χ3v) is 9.04. The lowest BCUT2D eigenvalue weighted by Crippen LogP contribution is -2.19. The Morgan fingerprint density at radius 2 is 1.48 bits per heavy atom. The third kappa shape index (κ3) is 7.13. The molecular weight excluding hydrogens is 707 g/mol. The number of halogens is 9. The van der Waals surface area contributed by atoms with Crippen LogP contribution in [-0.2, 0) is 28.6 Å². The number of rotatable bonds is 10. The van der Waals surface area contributed by atoms with E-state index in [1.54, 1.807) is 6.07 Å². The highest BCUT2D eigenvalue weighted by Crippen LogP contribution is 2.65. The van der Waals surface area contributed by atoms with Crippen molar-refractivity contribution in [3.8, 4) is 0 Å². The second-order valence-electron chi connectivity index (χ2n) is 10.9. The van der Waals surface area contributed by atoms with Gasteiger partial charge in [-0.25, -0.2) is 13.2 Å². The number of ketones is 3. The lowest BCUT2D eigenvalue weighted by Gasteiger charge is -2.12. The van der Waals surface area contributed by atoms with E-state index in [9.17, 15) is 41.1 Å². The van der Waals surface area contributed by atoms with E-state index in [1.165, 1.54) is 36.4 Å². The van der Waals surface area contributed by atoms with Gasteiger partial charge in [0.1, 0.15) is 21.8 Å². The van der Waals surface area contributed by atoms with Crippen LogP contribution < -0.4 is 5.32 Å². The average molecular weight is 727 g/mol. The van der Waals surface area contributed by atoms with Crippen molar-refractivity contribution in [3.63, 3.8) is 0 Å². The highest BCUT2D eigenvalue weighted by Gasteiger charge is 2.67. The molecule has 1 amide bonds. The van der Waals surface area contributed by atoms with Crippen LogP contribution in [0, 0.1) is 23.4 Å². The van der Waals surface area contributed by atoms with Crippen molar-refractivity contribution >= 4 is 63.7 Å². The topological polar surface area (TPSA) is 80.3 Å². The normalized spacial score (nSPS) is 16.7. The predicted molar refractivity (Wildman–Crippen MR) is 166 cm³/mol. The summed E-state index contributed by atoms with van der Waals surface area (Å²) in [5, 5.41) is 2.37. The van der Waals surface area contributed by atoms with E-state index >= 15 is 4.39 Å². The summed E-state index contributed by atoms with van der Waals surface area (Å²) < 4.78 is 81.6. The number of nitrogens with one attached hydrogen (secondary N) is 1. The van der Waals surface area contributed by atoms with Crippen LogP contribution >= 0.6 is 34.8 Å². The molecule has 1 fully saturated rings. The van der Waals surface area contributed by atoms with Gasteiger partial charge in [-0.1, -0.05) is 54.1 Å². The Morgan fingerprint density at radius 3 is 2.15 bits per heavy atom. The minimum Gasteiger partial charge on any atom is -0.326 e. The maximum absolute atomic E-state index is 15.4. The maximum atomic E-state index is 15.4. The summed E-state index contributed by atoms with van der Waals surface area (Å²) in [5.74, 6) is -9.78. The van der Waals surface area contributed by atoms with Gasteiger partial charge in [-0.2, -0.15) is 13.2 Å². The van der Waals surface area contributed by atoms with Gasteiger partial charge >= 0.3 is 6.18 Å². The molecule has 4 aromatic rings. The van der Waals surface area contributed by atoms with Gasteiger partial charge in [-0.05, 0) is 47.5 Å². The van der Waals surface area contributed by atoms with Crippen LogP contribution in [0.1, 0.15) is 48.9 Å². The van der Waals surface area contributed by atoms with Crippen molar-refractivity contribution in [2.45, 2.75) is 29.3 Å². The molecule has 0 heterocycles. The van der Waals surface area contributed by atoms with Gasteiger partial charge in [-0.15, -0.1) is 23.2 Å². The lowest BCUT2D eigenvalue weighted by atomic mass is 9.96. The Bertz CT molecular complexity index is 1970. The number of carbonyl (C=O) groups excluding carboxylic acids is 4. The Hall–Kier alpha value is -4.19. The first-order chi connectivity index (χ1) is 22.5. The molecule has 1 aliphatic carbocycles. The monoisotopic (exact) mass is 725 g/mol. The smallest absolute Gasteiger partial charge is 0.326 e. The summed E-state index contributed by atoms with van der Waals surface area (Å²) in [6, 6.07) is 15.2. The number of carbonyl (C=O) groups is 4. The Labute approximate surface area is 283 Å². The quantitative estimate of drug-likeness (QED) is 0.0768. The molecule has 0 radical (unpaired) electrons. The van der Waals surface area contributed by atoms with Crippen LogP contribution in [0.2, 0.25) is 5.02 Å². The first-order valence-corrected chi connectivity index (χ1v) is 15.1. The molecular formula is C34H20Cl3F6NO4. The molecule has 0 unspecified atom stereocenters. The molecule has 0 saturated heterocycles. The van der Waals surface area contributed by atoms with Crippen molar-refractivity contribution < 1.29 is 45.5 Å². The van der Waals surface area contributed by atoms with Crippen molar-refractivity contribution in [3.05, 3.63) is 135 Å². The number of benzene rings is 4. The fourth-order valence-corrected chi connectivity index (χ4v) is 6.31. The largest absolute Gasteiger partial charge is 0.419 e. The molecule has 5 nitrogen and oxygen atoms in total. The summed E-state index contributed by atoms with van der Waals surface area (Å²) in [7, 11) is 0. The molecule has 4 aromatic carbocycles. The fourth-order valence-electron chi connectivity index (χ4n) is 5.26. The van der Waals surface area contributed by atoms with Crippen molar-refractivity contribution in [1.29, 1.82) is 0 Å². The van der Waals surface area contributed by atoms with Crippen LogP contribution in [-0.4, -0.2) is 27.6 Å². The Balaban J connectivity index is 1.31. The average Bonchev–Trinajstić information content (AvgIpc) is 3.62. The van der Waals surface area contributed by atoms with Gasteiger partial charge in [0, 0.05) is 41.1 Å². The molecule has 248 valence electrons. The first-order valence-electron chi connectivity index (χ1n) is 14.0. The SMILES string of the molecule is O=C(Cc1c(F)ccc(CC(=O)c2cc(NC(=O)[C@H]3[C@H](c4ccc(F)c(C(F)(F)F)c4)C3(Cl)Cl)ccc2Cl)c1F)C(=O)c1ccccc1. The fraction of sp³-hybridized carbons (Fsp3) is 0.176. The number of anilines is 1. The molecule has 14 heteroatoms. The molecule has 0 bridgehead atoms. The first kappa shape index (κ1) is 35.1. The van der Waals surface area contributed by atoms with Crippen molar-refractivity contribution in [2.75, 3.05) is 5.32 Å².